The maximum Gasteiger partial charge on any atom is 0.237 e. The molecule has 6 nitrogen and oxygen atoms in total. The van der Waals surface area contributed by atoms with Gasteiger partial charge >= 0.3 is 0 Å². The monoisotopic (exact) mass is 448 g/mol. The van der Waals surface area contributed by atoms with Crippen LogP contribution in [-0.4, -0.2) is 33.9 Å². The van der Waals surface area contributed by atoms with Crippen LogP contribution in [0, 0.1) is 6.92 Å². The van der Waals surface area contributed by atoms with Crippen LogP contribution in [0.25, 0.3) is 5.69 Å². The molecule has 0 aliphatic carbocycles. The molecule has 4 rings (SSSR count). The van der Waals surface area contributed by atoms with Gasteiger partial charge in [0.1, 0.15) is 5.03 Å². The number of nitrogens with one attached hydrogen (secondary N) is 1. The van der Waals surface area contributed by atoms with Gasteiger partial charge in [-0.05, 0) is 43.0 Å². The Balaban J connectivity index is 1.36. The number of hydrogen-bond donors (Lipinski definition) is 1. The maximum absolute atomic E-state index is 12.7. The van der Waals surface area contributed by atoms with Crippen molar-refractivity contribution < 1.29 is 9.59 Å². The Hall–Kier alpha value is -3.06. The fourth-order valence-electron chi connectivity index (χ4n) is 3.83. The number of amides is 2. The summed E-state index contributed by atoms with van der Waals surface area (Å²) in [6.07, 6.45) is 1.99. The Morgan fingerprint density at radius 3 is 2.53 bits per heavy atom. The molecule has 0 spiro atoms. The number of carbonyl (C=O) groups excluding carboxylic acids is 2. The number of fused-ring (bicyclic) bond motifs is 1. The third kappa shape index (κ3) is 4.88. The molecule has 2 aromatic carbocycles. The molecule has 0 saturated heterocycles. The summed E-state index contributed by atoms with van der Waals surface area (Å²) < 4.78 is 1.91. The van der Waals surface area contributed by atoms with Crippen molar-refractivity contribution in [3.8, 4) is 5.69 Å². The molecular formula is C25H28N4O2S. The lowest BCUT2D eigenvalue weighted by atomic mass is 10.1. The van der Waals surface area contributed by atoms with Crippen molar-refractivity contribution in [3.05, 3.63) is 71.4 Å². The minimum atomic E-state index is 0.000303. The molecule has 1 N–H and O–H groups in total. The molecule has 0 atom stereocenters. The van der Waals surface area contributed by atoms with E-state index in [-0.39, 0.29) is 11.8 Å². The van der Waals surface area contributed by atoms with E-state index in [4.69, 9.17) is 0 Å². The van der Waals surface area contributed by atoms with E-state index in [2.05, 4.69) is 41.6 Å². The van der Waals surface area contributed by atoms with Gasteiger partial charge in [0.05, 0.1) is 22.8 Å². The van der Waals surface area contributed by atoms with E-state index in [1.165, 1.54) is 17.3 Å². The second-order valence-electron chi connectivity index (χ2n) is 7.87. The molecule has 1 aliphatic rings. The van der Waals surface area contributed by atoms with Gasteiger partial charge in [0, 0.05) is 19.5 Å². The van der Waals surface area contributed by atoms with Gasteiger partial charge in [-0.3, -0.25) is 9.59 Å². The first-order chi connectivity index (χ1) is 15.6. The summed E-state index contributed by atoms with van der Waals surface area (Å²) in [5.41, 5.74) is 5.04. The van der Waals surface area contributed by atoms with Crippen molar-refractivity contribution in [2.75, 3.05) is 17.2 Å². The number of rotatable bonds is 8. The summed E-state index contributed by atoms with van der Waals surface area (Å²) in [6.45, 7) is 5.09. The van der Waals surface area contributed by atoms with Crippen LogP contribution in [-0.2, 0) is 22.6 Å². The Morgan fingerprint density at radius 1 is 1.09 bits per heavy atom. The number of aromatic nitrogens is 2. The molecule has 7 heteroatoms. The van der Waals surface area contributed by atoms with Crippen LogP contribution in [0.4, 0.5) is 5.69 Å². The van der Waals surface area contributed by atoms with Gasteiger partial charge in [-0.25, -0.2) is 4.68 Å². The maximum atomic E-state index is 12.7. The van der Waals surface area contributed by atoms with E-state index in [0.717, 1.165) is 34.1 Å². The number of carbonyl (C=O) groups is 2. The van der Waals surface area contributed by atoms with E-state index in [9.17, 15) is 9.59 Å². The first-order valence-corrected chi connectivity index (χ1v) is 12.0. The van der Waals surface area contributed by atoms with Gasteiger partial charge in [0.2, 0.25) is 11.8 Å². The largest absolute Gasteiger partial charge is 0.352 e. The Bertz CT molecular complexity index is 1090. The van der Waals surface area contributed by atoms with Crippen molar-refractivity contribution >= 4 is 29.3 Å². The molecule has 0 saturated carbocycles. The fraction of sp³-hybridized carbons (Fsp3) is 0.320. The van der Waals surface area contributed by atoms with Gasteiger partial charge in [-0.1, -0.05) is 61.2 Å². The van der Waals surface area contributed by atoms with E-state index >= 15 is 0 Å². The van der Waals surface area contributed by atoms with Crippen LogP contribution < -0.4 is 10.2 Å². The van der Waals surface area contributed by atoms with Gasteiger partial charge in [0.25, 0.3) is 0 Å². The molecule has 2 heterocycles. The molecule has 1 aromatic heterocycles. The average Bonchev–Trinajstić information content (AvgIpc) is 3.16. The van der Waals surface area contributed by atoms with E-state index in [1.807, 2.05) is 41.9 Å². The Labute approximate surface area is 193 Å². The molecule has 32 heavy (non-hydrogen) atoms. The number of aryl methyl sites for hydroxylation is 2. The van der Waals surface area contributed by atoms with Crippen molar-refractivity contribution in [2.45, 2.75) is 44.7 Å². The molecule has 1 aliphatic heterocycles. The fourth-order valence-corrected chi connectivity index (χ4v) is 4.91. The number of benzene rings is 2. The lowest BCUT2D eigenvalue weighted by Gasteiger charge is -2.27. The Kier molecular flexibility index (Phi) is 6.95. The minimum absolute atomic E-state index is 0.000303. The summed E-state index contributed by atoms with van der Waals surface area (Å²) >= 11 is 1.52. The van der Waals surface area contributed by atoms with Crippen LogP contribution in [0.15, 0.2) is 59.6 Å². The second-order valence-corrected chi connectivity index (χ2v) is 8.83. The summed E-state index contributed by atoms with van der Waals surface area (Å²) in [4.78, 5) is 26.8. The summed E-state index contributed by atoms with van der Waals surface area (Å²) in [7, 11) is 0. The summed E-state index contributed by atoms with van der Waals surface area (Å²) in [6, 6.07) is 18.2. The van der Waals surface area contributed by atoms with E-state index in [1.54, 1.807) is 4.90 Å². The highest BCUT2D eigenvalue weighted by atomic mass is 32.2. The highest BCUT2D eigenvalue weighted by molar-refractivity contribution is 8.00. The lowest BCUT2D eigenvalue weighted by Crippen LogP contribution is -2.37. The van der Waals surface area contributed by atoms with Crippen LogP contribution in [0.1, 0.15) is 36.6 Å². The summed E-state index contributed by atoms with van der Waals surface area (Å²) in [5.74, 6) is 0.445. The normalized spacial score (nSPS) is 13.2. The molecule has 0 bridgehead atoms. The molecule has 3 aromatic rings. The first-order valence-electron chi connectivity index (χ1n) is 11.0. The number of nitrogens with zero attached hydrogens (tertiary/aromatic N) is 3. The van der Waals surface area contributed by atoms with E-state index in [0.29, 0.717) is 31.7 Å². The van der Waals surface area contributed by atoms with Crippen molar-refractivity contribution in [3.63, 3.8) is 0 Å². The molecule has 0 radical (unpaired) electrons. The number of para-hydroxylation sites is 1. The van der Waals surface area contributed by atoms with Crippen molar-refractivity contribution in [1.29, 1.82) is 0 Å². The zero-order valence-electron chi connectivity index (χ0n) is 18.5. The topological polar surface area (TPSA) is 67.2 Å². The van der Waals surface area contributed by atoms with Gasteiger partial charge in [-0.15, -0.1) is 0 Å². The number of anilines is 1. The predicted molar refractivity (Wildman–Crippen MR) is 128 cm³/mol. The predicted octanol–water partition coefficient (Wildman–Crippen LogP) is 4.28. The second kappa shape index (κ2) is 10.0. The van der Waals surface area contributed by atoms with E-state index < -0.39 is 0 Å². The first kappa shape index (κ1) is 22.1. The van der Waals surface area contributed by atoms with Gasteiger partial charge in [0.15, 0.2) is 0 Å². The third-order valence-corrected chi connectivity index (χ3v) is 6.63. The van der Waals surface area contributed by atoms with Crippen molar-refractivity contribution in [2.24, 2.45) is 0 Å². The lowest BCUT2D eigenvalue weighted by molar-refractivity contribution is -0.121. The molecule has 0 unspecified atom stereocenters. The zero-order chi connectivity index (χ0) is 22.5. The average molecular weight is 449 g/mol. The van der Waals surface area contributed by atoms with Gasteiger partial charge in [-0.2, -0.15) is 5.10 Å². The zero-order valence-corrected chi connectivity index (χ0v) is 19.3. The molecular weight excluding hydrogens is 420 g/mol. The molecule has 0 fully saturated rings. The van der Waals surface area contributed by atoms with Crippen molar-refractivity contribution in [1.82, 2.24) is 15.1 Å². The highest BCUT2D eigenvalue weighted by Gasteiger charge is 2.31. The highest BCUT2D eigenvalue weighted by Crippen LogP contribution is 2.39. The number of thioether (sulfide) groups is 1. The van der Waals surface area contributed by atoms with Crippen LogP contribution >= 0.6 is 11.8 Å². The molecule has 166 valence electrons. The van der Waals surface area contributed by atoms with Crippen LogP contribution in [0.3, 0.4) is 0 Å². The third-order valence-electron chi connectivity index (χ3n) is 5.60. The van der Waals surface area contributed by atoms with Crippen LogP contribution in [0.5, 0.6) is 0 Å². The number of hydrogen-bond acceptors (Lipinski definition) is 4. The summed E-state index contributed by atoms with van der Waals surface area (Å²) in [5, 5.41) is 8.65. The van der Waals surface area contributed by atoms with Gasteiger partial charge < -0.3 is 10.2 Å². The van der Waals surface area contributed by atoms with Crippen LogP contribution in [0.2, 0.25) is 0 Å². The molecule has 2 amide bonds. The smallest absolute Gasteiger partial charge is 0.237 e. The SMILES string of the molecule is CCc1ccc(CNC(=O)CCCN2C(=O)CSc3c2c(C)nn3-c2ccccc2)cc1. The Morgan fingerprint density at radius 2 is 1.81 bits per heavy atom. The standard InChI is InChI=1S/C25H28N4O2S/c1-3-19-11-13-20(14-12-19)16-26-22(30)10-7-15-28-23(31)17-32-25-24(28)18(2)27-29(25)21-8-5-4-6-9-21/h4-6,8-9,11-14H,3,7,10,15-17H2,1-2H3,(H,26,30). The quantitative estimate of drug-likeness (QED) is 0.559. The minimum Gasteiger partial charge on any atom is -0.352 e.